The van der Waals surface area contributed by atoms with Crippen molar-refractivity contribution in [1.82, 2.24) is 5.32 Å². The average Bonchev–Trinajstić information content (AvgIpc) is 2.42. The summed E-state index contributed by atoms with van der Waals surface area (Å²) in [6, 6.07) is 7.65. The Bertz CT molecular complexity index is 535. The Hall–Kier alpha value is -1.07. The van der Waals surface area contributed by atoms with Gasteiger partial charge in [0.2, 0.25) is 0 Å². The van der Waals surface area contributed by atoms with Crippen LogP contribution in [0.15, 0.2) is 24.3 Å². The van der Waals surface area contributed by atoms with Crippen LogP contribution in [0, 0.1) is 0 Å². The quantitative estimate of drug-likeness (QED) is 0.801. The summed E-state index contributed by atoms with van der Waals surface area (Å²) in [5, 5.41) is 3.38. The van der Waals surface area contributed by atoms with Gasteiger partial charge in [-0.2, -0.15) is 0 Å². The second kappa shape index (κ2) is 7.27. The fraction of sp³-hybridized carbons (Fsp3) is 0.625. The number of sulfone groups is 1. The van der Waals surface area contributed by atoms with Gasteiger partial charge in [-0.25, -0.2) is 8.42 Å². The Morgan fingerprint density at radius 1 is 1.24 bits per heavy atom. The van der Waals surface area contributed by atoms with Gasteiger partial charge in [-0.3, -0.25) is 0 Å². The van der Waals surface area contributed by atoms with E-state index in [0.717, 1.165) is 24.3 Å². The Labute approximate surface area is 128 Å². The van der Waals surface area contributed by atoms with Crippen LogP contribution in [0.1, 0.15) is 32.8 Å². The Balaban J connectivity index is 2.97. The number of hydrogen-bond donors (Lipinski definition) is 1. The summed E-state index contributed by atoms with van der Waals surface area (Å²) < 4.78 is 28.5. The normalized spacial score (nSPS) is 14.0. The van der Waals surface area contributed by atoms with E-state index in [4.69, 9.17) is 4.74 Å². The van der Waals surface area contributed by atoms with Crippen LogP contribution < -0.4 is 10.1 Å². The predicted octanol–water partition coefficient (Wildman–Crippen LogP) is 2.43. The van der Waals surface area contributed by atoms with Crippen LogP contribution in [-0.2, 0) is 16.3 Å². The fourth-order valence-electron chi connectivity index (χ4n) is 2.14. The number of nitrogens with one attached hydrogen (secondary N) is 1. The molecule has 0 heterocycles. The van der Waals surface area contributed by atoms with Gasteiger partial charge in [0.05, 0.1) is 11.9 Å². The molecule has 0 saturated heterocycles. The first-order chi connectivity index (χ1) is 9.72. The van der Waals surface area contributed by atoms with Gasteiger partial charge in [-0.05, 0) is 50.9 Å². The van der Waals surface area contributed by atoms with Gasteiger partial charge in [0.25, 0.3) is 0 Å². The van der Waals surface area contributed by atoms with Gasteiger partial charge in [-0.1, -0.05) is 19.1 Å². The minimum absolute atomic E-state index is 0.124. The third kappa shape index (κ3) is 4.71. The standard InChI is InChI=1S/C16H27NO3S/c1-6-11-17-15(16(2,3)21(5,18)19)12-13-7-9-14(20-4)10-8-13/h7-10,15,17H,6,11-12H2,1-5H3. The van der Waals surface area contributed by atoms with Crippen molar-refractivity contribution < 1.29 is 13.2 Å². The maximum absolute atomic E-state index is 12.1. The summed E-state index contributed by atoms with van der Waals surface area (Å²) >= 11 is 0. The highest BCUT2D eigenvalue weighted by atomic mass is 32.2. The number of rotatable bonds is 8. The lowest BCUT2D eigenvalue weighted by atomic mass is 9.95. The van der Waals surface area contributed by atoms with Crippen LogP contribution >= 0.6 is 0 Å². The third-order valence-corrected chi connectivity index (χ3v) is 6.23. The van der Waals surface area contributed by atoms with Crippen molar-refractivity contribution in [3.8, 4) is 5.75 Å². The lowest BCUT2D eigenvalue weighted by Crippen LogP contribution is -2.52. The van der Waals surface area contributed by atoms with E-state index in [-0.39, 0.29) is 6.04 Å². The summed E-state index contributed by atoms with van der Waals surface area (Å²) in [5.41, 5.74) is 1.10. The molecule has 0 bridgehead atoms. The third-order valence-electron chi connectivity index (χ3n) is 4.03. The van der Waals surface area contributed by atoms with Gasteiger partial charge in [0.1, 0.15) is 5.75 Å². The molecular formula is C16H27NO3S. The minimum atomic E-state index is -3.15. The van der Waals surface area contributed by atoms with Crippen molar-refractivity contribution >= 4 is 9.84 Å². The molecule has 120 valence electrons. The van der Waals surface area contributed by atoms with Crippen molar-refractivity contribution in [2.75, 3.05) is 19.9 Å². The van der Waals surface area contributed by atoms with E-state index in [0.29, 0.717) is 6.42 Å². The molecule has 1 unspecified atom stereocenters. The molecule has 0 fully saturated rings. The molecule has 21 heavy (non-hydrogen) atoms. The van der Waals surface area contributed by atoms with Crippen molar-refractivity contribution in [2.24, 2.45) is 0 Å². The molecular weight excluding hydrogens is 286 g/mol. The molecule has 0 aromatic heterocycles. The monoisotopic (exact) mass is 313 g/mol. The molecule has 0 aliphatic heterocycles. The summed E-state index contributed by atoms with van der Waals surface area (Å²) in [4.78, 5) is 0. The molecule has 4 nitrogen and oxygen atoms in total. The van der Waals surface area contributed by atoms with E-state index in [9.17, 15) is 8.42 Å². The molecule has 1 N–H and O–H groups in total. The summed E-state index contributed by atoms with van der Waals surface area (Å²) in [6.45, 7) is 6.46. The molecule has 0 radical (unpaired) electrons. The molecule has 0 amide bonds. The molecule has 0 spiro atoms. The molecule has 0 saturated carbocycles. The molecule has 1 aromatic carbocycles. The van der Waals surface area contributed by atoms with Crippen molar-refractivity contribution in [3.63, 3.8) is 0 Å². The first-order valence-corrected chi connectivity index (χ1v) is 9.17. The summed E-state index contributed by atoms with van der Waals surface area (Å²) in [5.74, 6) is 0.805. The van der Waals surface area contributed by atoms with Crippen molar-refractivity contribution in [1.29, 1.82) is 0 Å². The lowest BCUT2D eigenvalue weighted by molar-refractivity contribution is 0.404. The molecule has 1 rings (SSSR count). The highest BCUT2D eigenvalue weighted by Crippen LogP contribution is 2.24. The van der Waals surface area contributed by atoms with Crippen molar-refractivity contribution in [3.05, 3.63) is 29.8 Å². The van der Waals surface area contributed by atoms with E-state index in [1.165, 1.54) is 6.26 Å². The zero-order chi connectivity index (χ0) is 16.1. The number of methoxy groups -OCH3 is 1. The summed E-state index contributed by atoms with van der Waals surface area (Å²) in [7, 11) is -1.52. The topological polar surface area (TPSA) is 55.4 Å². The predicted molar refractivity (Wildman–Crippen MR) is 87.7 cm³/mol. The Morgan fingerprint density at radius 3 is 2.24 bits per heavy atom. The number of hydrogen-bond acceptors (Lipinski definition) is 4. The lowest BCUT2D eigenvalue weighted by Gasteiger charge is -2.33. The van der Waals surface area contributed by atoms with Crippen LogP contribution in [-0.4, -0.2) is 39.1 Å². The number of benzene rings is 1. The zero-order valence-electron chi connectivity index (χ0n) is 13.6. The van der Waals surface area contributed by atoms with Crippen LogP contribution in [0.3, 0.4) is 0 Å². The maximum Gasteiger partial charge on any atom is 0.154 e. The Kier molecular flexibility index (Phi) is 6.23. The molecule has 5 heteroatoms. The molecule has 1 atom stereocenters. The van der Waals surface area contributed by atoms with Gasteiger partial charge in [-0.15, -0.1) is 0 Å². The molecule has 0 aliphatic rings. The second-order valence-corrected chi connectivity index (χ2v) is 8.53. The van der Waals surface area contributed by atoms with Gasteiger partial charge >= 0.3 is 0 Å². The summed E-state index contributed by atoms with van der Waals surface area (Å²) in [6.07, 6.45) is 2.95. The van der Waals surface area contributed by atoms with E-state index in [1.807, 2.05) is 24.3 Å². The van der Waals surface area contributed by atoms with Gasteiger partial charge in [0.15, 0.2) is 9.84 Å². The minimum Gasteiger partial charge on any atom is -0.497 e. The smallest absolute Gasteiger partial charge is 0.154 e. The van der Waals surface area contributed by atoms with Gasteiger partial charge in [0, 0.05) is 12.3 Å². The Morgan fingerprint density at radius 2 is 1.81 bits per heavy atom. The zero-order valence-corrected chi connectivity index (χ0v) is 14.5. The van der Waals surface area contributed by atoms with Crippen molar-refractivity contribution in [2.45, 2.75) is 44.4 Å². The van der Waals surface area contributed by atoms with E-state index in [1.54, 1.807) is 21.0 Å². The average molecular weight is 313 g/mol. The SMILES string of the molecule is CCCNC(Cc1ccc(OC)cc1)C(C)(C)S(C)(=O)=O. The van der Waals surface area contributed by atoms with E-state index < -0.39 is 14.6 Å². The van der Waals surface area contributed by atoms with Crippen LogP contribution in [0.4, 0.5) is 0 Å². The maximum atomic E-state index is 12.1. The highest BCUT2D eigenvalue weighted by Gasteiger charge is 2.38. The first kappa shape index (κ1) is 18.0. The highest BCUT2D eigenvalue weighted by molar-refractivity contribution is 7.92. The molecule has 1 aromatic rings. The largest absolute Gasteiger partial charge is 0.497 e. The van der Waals surface area contributed by atoms with Crippen LogP contribution in [0.5, 0.6) is 5.75 Å². The fourth-order valence-corrected chi connectivity index (χ4v) is 2.82. The van der Waals surface area contributed by atoms with Gasteiger partial charge < -0.3 is 10.1 Å². The van der Waals surface area contributed by atoms with E-state index in [2.05, 4.69) is 12.2 Å². The van der Waals surface area contributed by atoms with Crippen LogP contribution in [0.25, 0.3) is 0 Å². The first-order valence-electron chi connectivity index (χ1n) is 7.28. The molecule has 0 aliphatic carbocycles. The second-order valence-electron chi connectivity index (χ2n) is 5.93. The number of ether oxygens (including phenoxy) is 1. The van der Waals surface area contributed by atoms with E-state index >= 15 is 0 Å². The van der Waals surface area contributed by atoms with Crippen LogP contribution in [0.2, 0.25) is 0 Å².